The van der Waals surface area contributed by atoms with Crippen LogP contribution in [0.3, 0.4) is 0 Å². The number of hydrogen-bond acceptors (Lipinski definition) is 3. The molecule has 0 bridgehead atoms. The van der Waals surface area contributed by atoms with Crippen LogP contribution in [0.2, 0.25) is 0 Å². The number of benzene rings is 3. The molecule has 3 aromatic carbocycles. The monoisotopic (exact) mass is 434 g/mol. The van der Waals surface area contributed by atoms with Crippen molar-refractivity contribution in [3.63, 3.8) is 0 Å². The van der Waals surface area contributed by atoms with Crippen molar-refractivity contribution in [1.82, 2.24) is 4.98 Å². The normalized spacial score (nSPS) is 11.3. The summed E-state index contributed by atoms with van der Waals surface area (Å²) in [5, 5.41) is 1.01. The lowest BCUT2D eigenvalue weighted by Gasteiger charge is -2.20. The SMILES string of the molecule is CCN(CC)c1ccc(/C=C\C(=O)c2c(C)nc3ccc(C)cc3c2-c2ccccc2)cc1. The predicted molar refractivity (Wildman–Crippen MR) is 140 cm³/mol. The molecule has 0 aliphatic heterocycles. The van der Waals surface area contributed by atoms with Crippen molar-refractivity contribution in [2.75, 3.05) is 18.0 Å². The Bertz CT molecular complexity index is 1300. The van der Waals surface area contributed by atoms with Crippen molar-refractivity contribution in [3.8, 4) is 11.1 Å². The fourth-order valence-electron chi connectivity index (χ4n) is 4.35. The number of fused-ring (bicyclic) bond motifs is 1. The van der Waals surface area contributed by atoms with Crippen molar-refractivity contribution in [3.05, 3.63) is 101 Å². The van der Waals surface area contributed by atoms with Gasteiger partial charge in [0.2, 0.25) is 0 Å². The van der Waals surface area contributed by atoms with Gasteiger partial charge in [0.25, 0.3) is 0 Å². The van der Waals surface area contributed by atoms with Gasteiger partial charge in [0, 0.05) is 35.4 Å². The number of rotatable bonds is 7. The van der Waals surface area contributed by atoms with Gasteiger partial charge in [-0.25, -0.2) is 0 Å². The Hall–Kier alpha value is -3.72. The summed E-state index contributed by atoms with van der Waals surface area (Å²) in [6.07, 6.45) is 3.56. The van der Waals surface area contributed by atoms with Crippen LogP contribution in [0, 0.1) is 13.8 Å². The predicted octanol–water partition coefficient (Wildman–Crippen LogP) is 7.26. The highest BCUT2D eigenvalue weighted by Gasteiger charge is 2.19. The number of carbonyl (C=O) groups excluding carboxylic acids is 1. The average Bonchev–Trinajstić information content (AvgIpc) is 2.84. The first-order valence-corrected chi connectivity index (χ1v) is 11.6. The van der Waals surface area contributed by atoms with Crippen LogP contribution in [0.5, 0.6) is 0 Å². The highest BCUT2D eigenvalue weighted by Crippen LogP contribution is 2.34. The zero-order chi connectivity index (χ0) is 23.4. The van der Waals surface area contributed by atoms with E-state index in [0.717, 1.165) is 51.9 Å². The van der Waals surface area contributed by atoms with Crippen molar-refractivity contribution < 1.29 is 4.79 Å². The van der Waals surface area contributed by atoms with Crippen LogP contribution in [0.1, 0.15) is 41.0 Å². The zero-order valence-electron chi connectivity index (χ0n) is 19.8. The molecule has 166 valence electrons. The lowest BCUT2D eigenvalue weighted by Crippen LogP contribution is -2.21. The molecule has 0 fully saturated rings. The molecule has 0 aliphatic carbocycles. The fourth-order valence-corrected chi connectivity index (χ4v) is 4.35. The van der Waals surface area contributed by atoms with Gasteiger partial charge in [0.05, 0.1) is 11.1 Å². The molecule has 0 saturated heterocycles. The van der Waals surface area contributed by atoms with Crippen LogP contribution < -0.4 is 4.90 Å². The molecular weight excluding hydrogens is 404 g/mol. The third kappa shape index (κ3) is 4.73. The summed E-state index contributed by atoms with van der Waals surface area (Å²) in [5.74, 6) is -0.0323. The molecule has 0 N–H and O–H groups in total. The van der Waals surface area contributed by atoms with E-state index >= 15 is 0 Å². The van der Waals surface area contributed by atoms with E-state index in [1.54, 1.807) is 6.08 Å². The van der Waals surface area contributed by atoms with Crippen LogP contribution in [0.25, 0.3) is 28.1 Å². The number of pyridine rings is 1. The molecule has 0 aliphatic rings. The third-order valence-corrected chi connectivity index (χ3v) is 6.08. The standard InChI is InChI=1S/C30H30N2O/c1-5-32(6-2)25-16-13-23(14-17-25)15-19-28(33)29-22(4)31-27-18-12-21(3)20-26(27)30(29)24-10-8-7-9-11-24/h7-20H,5-6H2,1-4H3/b19-15-. The number of aryl methyl sites for hydroxylation is 2. The van der Waals surface area contributed by atoms with Gasteiger partial charge in [0.15, 0.2) is 5.78 Å². The number of aromatic nitrogens is 1. The Morgan fingerprint density at radius 2 is 1.61 bits per heavy atom. The van der Waals surface area contributed by atoms with Gasteiger partial charge in [0.1, 0.15) is 0 Å². The van der Waals surface area contributed by atoms with E-state index in [0.29, 0.717) is 5.56 Å². The molecule has 1 aromatic heterocycles. The van der Waals surface area contributed by atoms with E-state index in [2.05, 4.69) is 74.2 Å². The van der Waals surface area contributed by atoms with Crippen LogP contribution in [0.15, 0.2) is 78.9 Å². The number of allylic oxidation sites excluding steroid dienone is 1. The maximum absolute atomic E-state index is 13.5. The molecule has 4 rings (SSSR count). The van der Waals surface area contributed by atoms with E-state index in [4.69, 9.17) is 4.98 Å². The number of hydrogen-bond donors (Lipinski definition) is 0. The van der Waals surface area contributed by atoms with Crippen molar-refractivity contribution in [1.29, 1.82) is 0 Å². The molecule has 4 aromatic rings. The molecule has 0 amide bonds. The maximum Gasteiger partial charge on any atom is 0.188 e. The van der Waals surface area contributed by atoms with E-state index in [1.165, 1.54) is 5.69 Å². The zero-order valence-corrected chi connectivity index (χ0v) is 19.8. The highest BCUT2D eigenvalue weighted by molar-refractivity contribution is 6.16. The molecule has 33 heavy (non-hydrogen) atoms. The van der Waals surface area contributed by atoms with Crippen molar-refractivity contribution >= 4 is 28.4 Å². The minimum absolute atomic E-state index is 0.0323. The van der Waals surface area contributed by atoms with E-state index in [1.807, 2.05) is 37.3 Å². The molecule has 3 nitrogen and oxygen atoms in total. The Morgan fingerprint density at radius 3 is 2.27 bits per heavy atom. The average molecular weight is 435 g/mol. The molecule has 0 radical (unpaired) electrons. The summed E-state index contributed by atoms with van der Waals surface area (Å²) in [6.45, 7) is 10.2. The Balaban J connectivity index is 1.76. The summed E-state index contributed by atoms with van der Waals surface area (Å²) < 4.78 is 0. The number of carbonyl (C=O) groups is 1. The molecule has 0 saturated carbocycles. The molecule has 0 unspecified atom stereocenters. The van der Waals surface area contributed by atoms with Gasteiger partial charge in [-0.15, -0.1) is 0 Å². The van der Waals surface area contributed by atoms with Crippen LogP contribution in [-0.4, -0.2) is 23.9 Å². The molecule has 1 heterocycles. The first-order chi connectivity index (χ1) is 16.0. The number of anilines is 1. The fraction of sp³-hybridized carbons (Fsp3) is 0.200. The van der Waals surface area contributed by atoms with E-state index in [9.17, 15) is 4.79 Å². The summed E-state index contributed by atoms with van der Waals surface area (Å²) in [6, 6.07) is 24.7. The largest absolute Gasteiger partial charge is 0.372 e. The van der Waals surface area contributed by atoms with E-state index < -0.39 is 0 Å². The Labute approximate surface area is 196 Å². The molecule has 0 spiro atoms. The first kappa shape index (κ1) is 22.5. The summed E-state index contributed by atoms with van der Waals surface area (Å²) in [5.41, 5.74) is 7.64. The quantitative estimate of drug-likeness (QED) is 0.227. The van der Waals surface area contributed by atoms with Gasteiger partial charge in [-0.05, 0) is 69.2 Å². The molecule has 3 heteroatoms. The van der Waals surface area contributed by atoms with Gasteiger partial charge in [-0.1, -0.05) is 60.2 Å². The highest BCUT2D eigenvalue weighted by atomic mass is 16.1. The van der Waals surface area contributed by atoms with Gasteiger partial charge in [-0.3, -0.25) is 9.78 Å². The summed E-state index contributed by atoms with van der Waals surface area (Å²) in [7, 11) is 0. The van der Waals surface area contributed by atoms with Crippen LogP contribution in [0.4, 0.5) is 5.69 Å². The van der Waals surface area contributed by atoms with Crippen molar-refractivity contribution in [2.24, 2.45) is 0 Å². The number of nitrogens with zero attached hydrogens (tertiary/aromatic N) is 2. The van der Waals surface area contributed by atoms with Gasteiger partial charge < -0.3 is 4.90 Å². The Morgan fingerprint density at radius 1 is 0.909 bits per heavy atom. The minimum Gasteiger partial charge on any atom is -0.372 e. The third-order valence-electron chi connectivity index (χ3n) is 6.08. The number of ketones is 1. The van der Waals surface area contributed by atoms with Gasteiger partial charge >= 0.3 is 0 Å². The van der Waals surface area contributed by atoms with Crippen molar-refractivity contribution in [2.45, 2.75) is 27.7 Å². The second-order valence-corrected chi connectivity index (χ2v) is 8.30. The van der Waals surface area contributed by atoms with Crippen LogP contribution in [-0.2, 0) is 0 Å². The topological polar surface area (TPSA) is 33.2 Å². The summed E-state index contributed by atoms with van der Waals surface area (Å²) in [4.78, 5) is 20.6. The second kappa shape index (κ2) is 9.83. The van der Waals surface area contributed by atoms with E-state index in [-0.39, 0.29) is 5.78 Å². The maximum atomic E-state index is 13.5. The lowest BCUT2D eigenvalue weighted by atomic mass is 9.91. The minimum atomic E-state index is -0.0323. The second-order valence-electron chi connectivity index (χ2n) is 8.30. The Kier molecular flexibility index (Phi) is 6.69. The lowest BCUT2D eigenvalue weighted by molar-refractivity contribution is 0.104. The summed E-state index contributed by atoms with van der Waals surface area (Å²) >= 11 is 0. The molecular formula is C30H30N2O. The van der Waals surface area contributed by atoms with Gasteiger partial charge in [-0.2, -0.15) is 0 Å². The van der Waals surface area contributed by atoms with Crippen LogP contribution >= 0.6 is 0 Å². The molecule has 0 atom stereocenters. The first-order valence-electron chi connectivity index (χ1n) is 11.6. The smallest absolute Gasteiger partial charge is 0.188 e.